The van der Waals surface area contributed by atoms with Gasteiger partial charge in [0.05, 0.1) is 5.69 Å². The average molecular weight is 297 g/mol. The van der Waals surface area contributed by atoms with Crippen LogP contribution in [0, 0.1) is 0 Å². The predicted molar refractivity (Wildman–Crippen MR) is 79.1 cm³/mol. The van der Waals surface area contributed by atoms with Crippen LogP contribution in [0.15, 0.2) is 42.9 Å². The van der Waals surface area contributed by atoms with Gasteiger partial charge in [0.25, 0.3) is 0 Å². The molecule has 0 atom stereocenters. The summed E-state index contributed by atoms with van der Waals surface area (Å²) >= 11 is 0. The van der Waals surface area contributed by atoms with E-state index in [0.717, 1.165) is 5.69 Å². The summed E-state index contributed by atoms with van der Waals surface area (Å²) in [6.07, 6.45) is 5.51. The summed E-state index contributed by atoms with van der Waals surface area (Å²) in [5.41, 5.74) is 0.800. The third kappa shape index (κ3) is 2.22. The molecule has 0 aliphatic carbocycles. The highest BCUT2D eigenvalue weighted by atomic mass is 16.7. The second kappa shape index (κ2) is 4.62. The third-order valence-corrected chi connectivity index (χ3v) is 3.31. The molecule has 22 heavy (non-hydrogen) atoms. The van der Waals surface area contributed by atoms with Gasteiger partial charge in [-0.1, -0.05) is 6.07 Å². The molecular weight excluding hydrogens is 282 g/mol. The van der Waals surface area contributed by atoms with E-state index in [4.69, 9.17) is 14.2 Å². The maximum Gasteiger partial charge on any atom is 0.246 e. The van der Waals surface area contributed by atoms with Gasteiger partial charge in [0.2, 0.25) is 17.3 Å². The number of rotatable bonds is 3. The Morgan fingerprint density at radius 1 is 1.23 bits per heavy atom. The molecule has 0 N–H and O–H groups in total. The molecule has 0 saturated carbocycles. The van der Waals surface area contributed by atoms with Gasteiger partial charge >= 0.3 is 0 Å². The molecule has 6 heteroatoms. The van der Waals surface area contributed by atoms with E-state index in [1.54, 1.807) is 6.20 Å². The fourth-order valence-corrected chi connectivity index (χ4v) is 2.42. The van der Waals surface area contributed by atoms with E-state index in [-0.39, 0.29) is 0 Å². The van der Waals surface area contributed by atoms with E-state index < -0.39 is 5.79 Å². The summed E-state index contributed by atoms with van der Waals surface area (Å²) in [6, 6.07) is 7.46. The molecule has 1 aromatic carbocycles. The first-order valence-electron chi connectivity index (χ1n) is 7.03. The number of benzene rings is 1. The molecular formula is C16H15N3O3. The van der Waals surface area contributed by atoms with Crippen molar-refractivity contribution in [3.63, 3.8) is 0 Å². The van der Waals surface area contributed by atoms with Crippen molar-refractivity contribution < 1.29 is 14.2 Å². The Hall–Kier alpha value is -2.76. The van der Waals surface area contributed by atoms with Crippen LogP contribution in [0.1, 0.15) is 19.5 Å². The van der Waals surface area contributed by atoms with Crippen LogP contribution >= 0.6 is 0 Å². The van der Waals surface area contributed by atoms with Gasteiger partial charge < -0.3 is 14.2 Å². The first-order valence-corrected chi connectivity index (χ1v) is 7.03. The average Bonchev–Trinajstić information content (AvgIpc) is 3.03. The Morgan fingerprint density at radius 2 is 2.14 bits per heavy atom. The number of nitrogens with zero attached hydrogens (tertiary/aromatic N) is 3. The first-order chi connectivity index (χ1) is 10.6. The van der Waals surface area contributed by atoms with Crippen LogP contribution in [0.25, 0.3) is 5.78 Å². The van der Waals surface area contributed by atoms with Gasteiger partial charge in [-0.05, 0) is 18.2 Å². The molecule has 6 nitrogen and oxygen atoms in total. The lowest BCUT2D eigenvalue weighted by Gasteiger charge is -2.16. The molecule has 0 spiro atoms. The SMILES string of the molecule is CC1(C)Oc2cccc(OCc3cn4cccnc4n3)c2O1. The van der Waals surface area contributed by atoms with Gasteiger partial charge in [0.15, 0.2) is 11.5 Å². The van der Waals surface area contributed by atoms with Gasteiger partial charge in [-0.15, -0.1) is 0 Å². The molecule has 0 fully saturated rings. The molecule has 0 bridgehead atoms. The summed E-state index contributed by atoms with van der Waals surface area (Å²) in [7, 11) is 0. The molecule has 2 aromatic heterocycles. The molecule has 0 saturated heterocycles. The molecule has 4 rings (SSSR count). The molecule has 0 radical (unpaired) electrons. The van der Waals surface area contributed by atoms with Crippen LogP contribution in [0.5, 0.6) is 17.2 Å². The predicted octanol–water partition coefficient (Wildman–Crippen LogP) is 2.82. The maximum absolute atomic E-state index is 5.85. The molecule has 3 aromatic rings. The van der Waals surface area contributed by atoms with Crippen LogP contribution < -0.4 is 14.2 Å². The standard InChI is InChI=1S/C16H15N3O3/c1-16(2)21-13-6-3-5-12(14(13)22-16)20-10-11-9-19-8-4-7-17-15(19)18-11/h3-9H,10H2,1-2H3. The van der Waals surface area contributed by atoms with Crippen LogP contribution in [0.3, 0.4) is 0 Å². The molecule has 112 valence electrons. The molecule has 1 aliphatic rings. The summed E-state index contributed by atoms with van der Waals surface area (Å²) in [5, 5.41) is 0. The normalized spacial score (nSPS) is 15.2. The van der Waals surface area contributed by atoms with Crippen LogP contribution in [0.4, 0.5) is 0 Å². The van der Waals surface area contributed by atoms with E-state index >= 15 is 0 Å². The molecule has 0 unspecified atom stereocenters. The van der Waals surface area contributed by atoms with Gasteiger partial charge in [-0.3, -0.25) is 4.40 Å². The zero-order valence-corrected chi connectivity index (χ0v) is 12.3. The van der Waals surface area contributed by atoms with Crippen molar-refractivity contribution in [2.24, 2.45) is 0 Å². The lowest BCUT2D eigenvalue weighted by atomic mass is 10.3. The van der Waals surface area contributed by atoms with Crippen LogP contribution in [-0.4, -0.2) is 20.2 Å². The monoisotopic (exact) mass is 297 g/mol. The zero-order valence-electron chi connectivity index (χ0n) is 12.3. The largest absolute Gasteiger partial charge is 0.483 e. The minimum Gasteiger partial charge on any atom is -0.483 e. The van der Waals surface area contributed by atoms with E-state index in [1.165, 1.54) is 0 Å². The minimum atomic E-state index is -0.672. The number of aromatic nitrogens is 3. The molecule has 3 heterocycles. The highest BCUT2D eigenvalue weighted by Crippen LogP contribution is 2.45. The van der Waals surface area contributed by atoms with Crippen molar-refractivity contribution >= 4 is 5.78 Å². The quantitative estimate of drug-likeness (QED) is 0.744. The zero-order chi connectivity index (χ0) is 15.2. The second-order valence-corrected chi connectivity index (χ2v) is 5.54. The number of hydrogen-bond acceptors (Lipinski definition) is 5. The van der Waals surface area contributed by atoms with Crippen molar-refractivity contribution in [2.45, 2.75) is 26.2 Å². The minimum absolute atomic E-state index is 0.337. The number of ether oxygens (including phenoxy) is 3. The molecule has 1 aliphatic heterocycles. The number of fused-ring (bicyclic) bond motifs is 2. The van der Waals surface area contributed by atoms with Gasteiger partial charge in [0, 0.05) is 32.4 Å². The second-order valence-electron chi connectivity index (χ2n) is 5.54. The fraction of sp³-hybridized carbons (Fsp3) is 0.250. The first kappa shape index (κ1) is 12.9. The summed E-state index contributed by atoms with van der Waals surface area (Å²) in [4.78, 5) is 8.59. The van der Waals surface area contributed by atoms with Gasteiger partial charge in [0.1, 0.15) is 6.61 Å². The Bertz CT molecular complexity index is 809. The lowest BCUT2D eigenvalue weighted by Crippen LogP contribution is -2.29. The van der Waals surface area contributed by atoms with E-state index in [1.807, 2.05) is 54.9 Å². The van der Waals surface area contributed by atoms with E-state index in [9.17, 15) is 0 Å². The van der Waals surface area contributed by atoms with Crippen molar-refractivity contribution in [1.82, 2.24) is 14.4 Å². The van der Waals surface area contributed by atoms with Crippen molar-refractivity contribution in [2.75, 3.05) is 0 Å². The Kier molecular flexibility index (Phi) is 2.72. The van der Waals surface area contributed by atoms with Crippen LogP contribution in [-0.2, 0) is 6.61 Å². The highest BCUT2D eigenvalue weighted by Gasteiger charge is 2.34. The smallest absolute Gasteiger partial charge is 0.246 e. The van der Waals surface area contributed by atoms with Crippen molar-refractivity contribution in [1.29, 1.82) is 0 Å². The summed E-state index contributed by atoms with van der Waals surface area (Å²) in [6.45, 7) is 4.07. The van der Waals surface area contributed by atoms with Crippen LogP contribution in [0.2, 0.25) is 0 Å². The van der Waals surface area contributed by atoms with Gasteiger partial charge in [-0.2, -0.15) is 0 Å². The van der Waals surface area contributed by atoms with E-state index in [2.05, 4.69) is 9.97 Å². The third-order valence-electron chi connectivity index (χ3n) is 3.31. The fourth-order valence-electron chi connectivity index (χ4n) is 2.42. The Morgan fingerprint density at radius 3 is 3.00 bits per heavy atom. The Labute approximate surface area is 127 Å². The Balaban J connectivity index is 1.57. The van der Waals surface area contributed by atoms with Crippen molar-refractivity contribution in [3.8, 4) is 17.2 Å². The number of hydrogen-bond donors (Lipinski definition) is 0. The van der Waals surface area contributed by atoms with Crippen molar-refractivity contribution in [3.05, 3.63) is 48.5 Å². The molecule has 0 amide bonds. The lowest BCUT2D eigenvalue weighted by molar-refractivity contribution is -0.0441. The summed E-state index contributed by atoms with van der Waals surface area (Å²) < 4.78 is 19.2. The number of imidazole rings is 1. The number of para-hydroxylation sites is 1. The topological polar surface area (TPSA) is 57.9 Å². The summed E-state index contributed by atoms with van der Waals surface area (Å²) in [5.74, 6) is 1.95. The maximum atomic E-state index is 5.85. The van der Waals surface area contributed by atoms with E-state index in [0.29, 0.717) is 29.6 Å². The van der Waals surface area contributed by atoms with Gasteiger partial charge in [-0.25, -0.2) is 9.97 Å². The highest BCUT2D eigenvalue weighted by molar-refractivity contribution is 5.53.